The monoisotopic (exact) mass is 211 g/mol. The third-order valence-corrected chi connectivity index (χ3v) is 3.62. The molecule has 0 aromatic rings. The van der Waals surface area contributed by atoms with Crippen molar-refractivity contribution >= 4 is 5.78 Å². The van der Waals surface area contributed by atoms with Crippen molar-refractivity contribution in [3.8, 4) is 0 Å². The van der Waals surface area contributed by atoms with Crippen LogP contribution < -0.4 is 0 Å². The highest BCUT2D eigenvalue weighted by Gasteiger charge is 2.28. The van der Waals surface area contributed by atoms with Crippen LogP contribution in [0.3, 0.4) is 0 Å². The van der Waals surface area contributed by atoms with Crippen molar-refractivity contribution in [1.82, 2.24) is 4.90 Å². The Hall–Kier alpha value is -0.370. The molecule has 15 heavy (non-hydrogen) atoms. The van der Waals surface area contributed by atoms with Gasteiger partial charge in [0.25, 0.3) is 0 Å². The van der Waals surface area contributed by atoms with Gasteiger partial charge in [-0.3, -0.25) is 4.90 Å². The van der Waals surface area contributed by atoms with Gasteiger partial charge < -0.3 is 4.79 Å². The summed E-state index contributed by atoms with van der Waals surface area (Å²) in [6.45, 7) is 7.49. The lowest BCUT2D eigenvalue weighted by molar-refractivity contribution is -0.117. The van der Waals surface area contributed by atoms with Crippen LogP contribution in [0.25, 0.3) is 0 Å². The number of ketones is 1. The van der Waals surface area contributed by atoms with Gasteiger partial charge in [-0.15, -0.1) is 0 Å². The summed E-state index contributed by atoms with van der Waals surface area (Å²) < 4.78 is 0. The largest absolute Gasteiger partial charge is 0.300 e. The number of rotatable bonds is 6. The molecule has 0 aromatic heterocycles. The van der Waals surface area contributed by atoms with Crippen molar-refractivity contribution in [2.45, 2.75) is 71.4 Å². The van der Waals surface area contributed by atoms with Crippen molar-refractivity contribution in [2.75, 3.05) is 6.54 Å². The first-order valence-electron chi connectivity index (χ1n) is 6.40. The molecular formula is C13H25NO. The fourth-order valence-corrected chi connectivity index (χ4v) is 2.64. The zero-order chi connectivity index (χ0) is 11.3. The van der Waals surface area contributed by atoms with Crippen LogP contribution in [0, 0.1) is 0 Å². The molecule has 0 amide bonds. The maximum Gasteiger partial charge on any atom is 0.129 e. The topological polar surface area (TPSA) is 20.3 Å². The van der Waals surface area contributed by atoms with E-state index in [2.05, 4.69) is 18.7 Å². The van der Waals surface area contributed by atoms with Crippen LogP contribution >= 0.6 is 0 Å². The second kappa shape index (κ2) is 6.26. The number of likely N-dealkylation sites (tertiary alicyclic amines) is 1. The van der Waals surface area contributed by atoms with Crippen molar-refractivity contribution in [2.24, 2.45) is 0 Å². The lowest BCUT2D eigenvalue weighted by Gasteiger charge is -2.27. The Morgan fingerprint density at radius 1 is 1.33 bits per heavy atom. The average Bonchev–Trinajstić information content (AvgIpc) is 2.54. The van der Waals surface area contributed by atoms with Gasteiger partial charge in [-0.2, -0.15) is 0 Å². The van der Waals surface area contributed by atoms with E-state index in [-0.39, 0.29) is 0 Å². The van der Waals surface area contributed by atoms with Gasteiger partial charge in [0, 0.05) is 18.5 Å². The first kappa shape index (κ1) is 12.7. The Morgan fingerprint density at radius 2 is 2.07 bits per heavy atom. The predicted octanol–water partition coefficient (Wildman–Crippen LogP) is 3.01. The summed E-state index contributed by atoms with van der Waals surface area (Å²) in [5, 5.41) is 0. The Labute approximate surface area is 94.0 Å². The molecule has 0 aliphatic carbocycles. The number of hydrogen-bond donors (Lipinski definition) is 0. The average molecular weight is 211 g/mol. The molecule has 0 bridgehead atoms. The Morgan fingerprint density at radius 3 is 2.67 bits per heavy atom. The lowest BCUT2D eigenvalue weighted by atomic mass is 10.1. The van der Waals surface area contributed by atoms with E-state index in [1.54, 1.807) is 6.92 Å². The van der Waals surface area contributed by atoms with Crippen LogP contribution in [-0.4, -0.2) is 29.3 Å². The first-order valence-corrected chi connectivity index (χ1v) is 6.40. The van der Waals surface area contributed by atoms with Crippen LogP contribution in [0.4, 0.5) is 0 Å². The van der Waals surface area contributed by atoms with E-state index in [0.717, 1.165) is 24.9 Å². The molecule has 0 spiro atoms. The molecule has 0 aromatic carbocycles. The van der Waals surface area contributed by atoms with E-state index >= 15 is 0 Å². The molecule has 1 rings (SSSR count). The van der Waals surface area contributed by atoms with Crippen molar-refractivity contribution in [1.29, 1.82) is 0 Å². The second-order valence-electron chi connectivity index (χ2n) is 4.89. The maximum absolute atomic E-state index is 10.8. The highest BCUT2D eigenvalue weighted by atomic mass is 16.1. The molecule has 0 saturated carbocycles. The molecule has 1 aliphatic heterocycles. The van der Waals surface area contributed by atoms with E-state index in [4.69, 9.17) is 0 Å². The number of carbonyl (C=O) groups excluding carboxylic acids is 1. The highest BCUT2D eigenvalue weighted by Crippen LogP contribution is 2.26. The fraction of sp³-hybridized carbons (Fsp3) is 0.923. The molecule has 2 nitrogen and oxygen atoms in total. The number of unbranched alkanes of at least 4 members (excludes halogenated alkanes) is 1. The van der Waals surface area contributed by atoms with Crippen molar-refractivity contribution in [3.63, 3.8) is 0 Å². The van der Waals surface area contributed by atoms with Crippen LogP contribution in [-0.2, 0) is 4.79 Å². The third-order valence-electron chi connectivity index (χ3n) is 3.62. The molecular weight excluding hydrogens is 186 g/mol. The smallest absolute Gasteiger partial charge is 0.129 e. The maximum atomic E-state index is 10.8. The van der Waals surface area contributed by atoms with Crippen LogP contribution in [0.1, 0.15) is 59.3 Å². The summed E-state index contributed by atoms with van der Waals surface area (Å²) in [7, 11) is 0. The first-order chi connectivity index (χ1) is 7.15. The molecule has 0 N–H and O–H groups in total. The minimum atomic E-state index is 0.330. The summed E-state index contributed by atoms with van der Waals surface area (Å²) in [5.74, 6) is 0.330. The molecule has 2 atom stereocenters. The van der Waals surface area contributed by atoms with E-state index in [1.807, 2.05) is 0 Å². The van der Waals surface area contributed by atoms with Gasteiger partial charge in [-0.1, -0.05) is 6.92 Å². The number of Topliss-reactive ketones (excluding diaryl/α,β-unsaturated/α-hetero) is 1. The van der Waals surface area contributed by atoms with E-state index < -0.39 is 0 Å². The molecule has 2 unspecified atom stereocenters. The molecule has 2 heteroatoms. The second-order valence-corrected chi connectivity index (χ2v) is 4.89. The molecule has 1 fully saturated rings. The Kier molecular flexibility index (Phi) is 5.30. The quantitative estimate of drug-likeness (QED) is 0.629. The van der Waals surface area contributed by atoms with Gasteiger partial charge in [-0.05, 0) is 52.5 Å². The van der Waals surface area contributed by atoms with E-state index in [0.29, 0.717) is 5.78 Å². The molecule has 1 heterocycles. The molecule has 88 valence electrons. The minimum Gasteiger partial charge on any atom is -0.300 e. The van der Waals surface area contributed by atoms with Crippen molar-refractivity contribution < 1.29 is 4.79 Å². The zero-order valence-electron chi connectivity index (χ0n) is 10.5. The SMILES string of the molecule is CCC1CCC(C)N1CCCCC(C)=O. The van der Waals surface area contributed by atoms with Crippen LogP contribution in [0.2, 0.25) is 0 Å². The lowest BCUT2D eigenvalue weighted by Crippen LogP contribution is -2.34. The summed E-state index contributed by atoms with van der Waals surface area (Å²) in [4.78, 5) is 13.5. The Balaban J connectivity index is 2.21. The van der Waals surface area contributed by atoms with Crippen LogP contribution in [0.5, 0.6) is 0 Å². The fourth-order valence-electron chi connectivity index (χ4n) is 2.64. The third kappa shape index (κ3) is 3.94. The minimum absolute atomic E-state index is 0.330. The van der Waals surface area contributed by atoms with Crippen LogP contribution in [0.15, 0.2) is 0 Å². The molecule has 0 radical (unpaired) electrons. The normalized spacial score (nSPS) is 27.1. The van der Waals surface area contributed by atoms with Gasteiger partial charge >= 0.3 is 0 Å². The summed E-state index contributed by atoms with van der Waals surface area (Å²) in [6, 6.07) is 1.56. The number of hydrogen-bond acceptors (Lipinski definition) is 2. The Bertz CT molecular complexity index is 203. The summed E-state index contributed by atoms with van der Waals surface area (Å²) >= 11 is 0. The van der Waals surface area contributed by atoms with E-state index in [1.165, 1.54) is 32.2 Å². The van der Waals surface area contributed by atoms with Gasteiger partial charge in [0.15, 0.2) is 0 Å². The molecule has 1 saturated heterocycles. The number of nitrogens with zero attached hydrogens (tertiary/aromatic N) is 1. The standard InChI is InChI=1S/C13H25NO/c1-4-13-9-8-11(2)14(13)10-6-5-7-12(3)15/h11,13H,4-10H2,1-3H3. The van der Waals surface area contributed by atoms with Gasteiger partial charge in [-0.25, -0.2) is 0 Å². The summed E-state index contributed by atoms with van der Waals surface area (Å²) in [6.07, 6.45) is 7.00. The zero-order valence-corrected chi connectivity index (χ0v) is 10.5. The van der Waals surface area contributed by atoms with E-state index in [9.17, 15) is 4.79 Å². The summed E-state index contributed by atoms with van der Waals surface area (Å²) in [5.41, 5.74) is 0. The van der Waals surface area contributed by atoms with Crippen molar-refractivity contribution in [3.05, 3.63) is 0 Å². The number of carbonyl (C=O) groups is 1. The van der Waals surface area contributed by atoms with Gasteiger partial charge in [0.05, 0.1) is 0 Å². The highest BCUT2D eigenvalue weighted by molar-refractivity contribution is 5.75. The van der Waals surface area contributed by atoms with Gasteiger partial charge in [0.2, 0.25) is 0 Å². The molecule has 1 aliphatic rings. The predicted molar refractivity (Wildman–Crippen MR) is 64.0 cm³/mol. The van der Waals surface area contributed by atoms with Gasteiger partial charge in [0.1, 0.15) is 5.78 Å².